The minimum absolute atomic E-state index is 0.176. The predicted octanol–water partition coefficient (Wildman–Crippen LogP) is 3.81. The van der Waals surface area contributed by atoms with Gasteiger partial charge in [0, 0.05) is 5.92 Å². The van der Waals surface area contributed by atoms with Crippen molar-refractivity contribution in [3.8, 4) is 0 Å². The highest BCUT2D eigenvalue weighted by Gasteiger charge is 2.24. The van der Waals surface area contributed by atoms with E-state index in [2.05, 4.69) is 15.9 Å². The van der Waals surface area contributed by atoms with Crippen molar-refractivity contribution in [2.75, 3.05) is 0 Å². The number of rotatable bonds is 2. The Bertz CT molecular complexity index is 324. The molecule has 0 amide bonds. The van der Waals surface area contributed by atoms with Crippen LogP contribution in [0.15, 0.2) is 21.2 Å². The van der Waals surface area contributed by atoms with Crippen LogP contribution in [0.3, 0.4) is 0 Å². The first kappa shape index (κ1) is 9.97. The largest absolute Gasteiger partial charge is 0.446 e. The molecule has 1 aliphatic rings. The molecule has 2 rings (SSSR count). The van der Waals surface area contributed by atoms with Gasteiger partial charge in [0.25, 0.3) is 0 Å². The summed E-state index contributed by atoms with van der Waals surface area (Å²) in [5.41, 5.74) is 0. The smallest absolute Gasteiger partial charge is 0.201 e. The Morgan fingerprint density at radius 3 is 2.57 bits per heavy atom. The van der Waals surface area contributed by atoms with Gasteiger partial charge in [-0.2, -0.15) is 0 Å². The maximum Gasteiger partial charge on any atom is 0.201 e. The van der Waals surface area contributed by atoms with Crippen molar-refractivity contribution in [1.29, 1.82) is 0 Å². The van der Waals surface area contributed by atoms with E-state index in [0.717, 1.165) is 12.8 Å². The van der Waals surface area contributed by atoms with Gasteiger partial charge in [0.1, 0.15) is 0 Å². The van der Waals surface area contributed by atoms with Gasteiger partial charge in [-0.15, -0.1) is 0 Å². The van der Waals surface area contributed by atoms with E-state index < -0.39 is 0 Å². The lowest BCUT2D eigenvalue weighted by atomic mass is 9.85. The van der Waals surface area contributed by atoms with Crippen LogP contribution in [0.4, 0.5) is 0 Å². The Labute approximate surface area is 91.8 Å². The molecule has 14 heavy (non-hydrogen) atoms. The molecule has 1 aliphatic carbocycles. The number of hydrogen-bond acceptors (Lipinski definition) is 2. The zero-order valence-electron chi connectivity index (χ0n) is 7.96. The van der Waals surface area contributed by atoms with Crippen molar-refractivity contribution < 1.29 is 9.21 Å². The molecule has 1 saturated carbocycles. The molecule has 1 aromatic heterocycles. The average molecular weight is 257 g/mol. The van der Waals surface area contributed by atoms with Gasteiger partial charge >= 0.3 is 0 Å². The number of furan rings is 1. The second kappa shape index (κ2) is 4.30. The molecule has 76 valence electrons. The molecule has 3 heteroatoms. The van der Waals surface area contributed by atoms with E-state index in [1.165, 1.54) is 19.3 Å². The van der Waals surface area contributed by atoms with Gasteiger partial charge in [0.05, 0.1) is 0 Å². The molecule has 2 nitrogen and oxygen atoms in total. The Morgan fingerprint density at radius 1 is 1.29 bits per heavy atom. The molecule has 0 unspecified atom stereocenters. The van der Waals surface area contributed by atoms with Crippen molar-refractivity contribution in [2.24, 2.45) is 5.92 Å². The van der Waals surface area contributed by atoms with Crippen LogP contribution in [0.2, 0.25) is 0 Å². The molecule has 0 N–H and O–H groups in total. The zero-order chi connectivity index (χ0) is 9.97. The highest BCUT2D eigenvalue weighted by atomic mass is 79.9. The number of hydrogen-bond donors (Lipinski definition) is 0. The van der Waals surface area contributed by atoms with Crippen LogP contribution in [-0.2, 0) is 0 Å². The van der Waals surface area contributed by atoms with E-state index in [-0.39, 0.29) is 11.7 Å². The summed E-state index contributed by atoms with van der Waals surface area (Å²) in [5, 5.41) is 0. The van der Waals surface area contributed by atoms with Gasteiger partial charge in [-0.3, -0.25) is 4.79 Å². The van der Waals surface area contributed by atoms with E-state index in [4.69, 9.17) is 4.42 Å². The van der Waals surface area contributed by atoms with Crippen LogP contribution < -0.4 is 0 Å². The minimum atomic E-state index is 0.176. The van der Waals surface area contributed by atoms with Crippen molar-refractivity contribution in [2.45, 2.75) is 32.1 Å². The highest BCUT2D eigenvalue weighted by molar-refractivity contribution is 9.10. The Hall–Kier alpha value is -0.570. The molecular formula is C11H13BrO2. The fourth-order valence-electron chi connectivity index (χ4n) is 2.01. The van der Waals surface area contributed by atoms with Gasteiger partial charge in [-0.1, -0.05) is 19.3 Å². The number of Topliss-reactive ketones (excluding diaryl/α,β-unsaturated/α-hetero) is 1. The minimum Gasteiger partial charge on any atom is -0.446 e. The van der Waals surface area contributed by atoms with Crippen molar-refractivity contribution >= 4 is 21.7 Å². The number of halogens is 1. The van der Waals surface area contributed by atoms with Crippen LogP contribution in [-0.4, -0.2) is 5.78 Å². The summed E-state index contributed by atoms with van der Waals surface area (Å²) < 4.78 is 5.90. The highest BCUT2D eigenvalue weighted by Crippen LogP contribution is 2.28. The number of ketones is 1. The van der Waals surface area contributed by atoms with Gasteiger partial charge in [0.2, 0.25) is 5.78 Å². The maximum absolute atomic E-state index is 11.9. The molecule has 0 aromatic carbocycles. The van der Waals surface area contributed by atoms with Crippen molar-refractivity contribution in [3.05, 3.63) is 22.6 Å². The van der Waals surface area contributed by atoms with E-state index in [1.807, 2.05) is 0 Å². The monoisotopic (exact) mass is 256 g/mol. The second-order valence-electron chi connectivity index (χ2n) is 3.80. The summed E-state index contributed by atoms with van der Waals surface area (Å²) in [6, 6.07) is 3.52. The van der Waals surface area contributed by atoms with Crippen molar-refractivity contribution in [3.63, 3.8) is 0 Å². The molecule has 1 aromatic rings. The van der Waals surface area contributed by atoms with Gasteiger partial charge in [-0.25, -0.2) is 0 Å². The van der Waals surface area contributed by atoms with Crippen LogP contribution in [0.1, 0.15) is 42.7 Å². The molecule has 1 fully saturated rings. The summed E-state index contributed by atoms with van der Waals surface area (Å²) in [4.78, 5) is 11.9. The van der Waals surface area contributed by atoms with Crippen LogP contribution in [0.5, 0.6) is 0 Å². The van der Waals surface area contributed by atoms with Gasteiger partial charge < -0.3 is 4.42 Å². The zero-order valence-corrected chi connectivity index (χ0v) is 9.55. The van der Waals surface area contributed by atoms with Crippen LogP contribution in [0.25, 0.3) is 0 Å². The van der Waals surface area contributed by atoms with Gasteiger partial charge in [-0.05, 0) is 40.9 Å². The molecular weight excluding hydrogens is 244 g/mol. The lowest BCUT2D eigenvalue weighted by Crippen LogP contribution is -2.17. The topological polar surface area (TPSA) is 30.2 Å². The maximum atomic E-state index is 11.9. The fraction of sp³-hybridized carbons (Fsp3) is 0.545. The Kier molecular flexibility index (Phi) is 3.06. The summed E-state index contributed by atoms with van der Waals surface area (Å²) in [7, 11) is 0. The number of carbonyl (C=O) groups is 1. The third kappa shape index (κ3) is 2.08. The van der Waals surface area contributed by atoms with E-state index in [1.54, 1.807) is 12.1 Å². The quantitative estimate of drug-likeness (QED) is 0.754. The van der Waals surface area contributed by atoms with Crippen molar-refractivity contribution in [1.82, 2.24) is 0 Å². The molecule has 0 spiro atoms. The van der Waals surface area contributed by atoms with Gasteiger partial charge in [0.15, 0.2) is 10.4 Å². The summed E-state index contributed by atoms with van der Waals surface area (Å²) in [5.74, 6) is 0.876. The first-order valence-corrected chi connectivity index (χ1v) is 5.86. The molecule has 0 radical (unpaired) electrons. The lowest BCUT2D eigenvalue weighted by molar-refractivity contribution is 0.0859. The first-order valence-electron chi connectivity index (χ1n) is 5.07. The van der Waals surface area contributed by atoms with E-state index in [9.17, 15) is 4.79 Å². The normalized spacial score (nSPS) is 18.4. The predicted molar refractivity (Wildman–Crippen MR) is 57.3 cm³/mol. The first-order chi connectivity index (χ1) is 6.77. The number of carbonyl (C=O) groups excluding carboxylic acids is 1. The van der Waals surface area contributed by atoms with E-state index >= 15 is 0 Å². The average Bonchev–Trinajstić information content (AvgIpc) is 2.65. The molecule has 0 aliphatic heterocycles. The second-order valence-corrected chi connectivity index (χ2v) is 4.58. The molecule has 0 bridgehead atoms. The standard InChI is InChI=1S/C11H13BrO2/c12-10-7-6-9(14-10)11(13)8-4-2-1-3-5-8/h6-8H,1-5H2. The third-order valence-corrected chi connectivity index (χ3v) is 3.22. The summed E-state index contributed by atoms with van der Waals surface area (Å²) in [6.45, 7) is 0. The molecule has 0 atom stereocenters. The van der Waals surface area contributed by atoms with Crippen LogP contribution >= 0.6 is 15.9 Å². The van der Waals surface area contributed by atoms with E-state index in [0.29, 0.717) is 10.4 Å². The SMILES string of the molecule is O=C(c1ccc(Br)o1)C1CCCCC1. The lowest BCUT2D eigenvalue weighted by Gasteiger charge is -2.18. The summed E-state index contributed by atoms with van der Waals surface area (Å²) in [6.07, 6.45) is 5.68. The molecule has 0 saturated heterocycles. The third-order valence-electron chi connectivity index (χ3n) is 2.79. The van der Waals surface area contributed by atoms with Crippen LogP contribution in [0, 0.1) is 5.92 Å². The Balaban J connectivity index is 2.07. The molecule has 1 heterocycles. The fourth-order valence-corrected chi connectivity index (χ4v) is 2.32. The summed E-state index contributed by atoms with van der Waals surface area (Å²) >= 11 is 3.21. The Morgan fingerprint density at radius 2 is 2.00 bits per heavy atom.